The van der Waals surface area contributed by atoms with Crippen LogP contribution in [0.2, 0.25) is 0 Å². The van der Waals surface area contributed by atoms with Gasteiger partial charge in [0.05, 0.1) is 15.6 Å². The van der Waals surface area contributed by atoms with Crippen LogP contribution in [0.25, 0.3) is 86.9 Å². The average molecular weight is 711 g/mol. The third-order valence-corrected chi connectivity index (χ3v) is 11.4. The van der Waals surface area contributed by atoms with Crippen molar-refractivity contribution in [2.45, 2.75) is 0 Å². The van der Waals surface area contributed by atoms with Crippen molar-refractivity contribution in [1.82, 2.24) is 4.98 Å². The molecule has 0 fully saturated rings. The summed E-state index contributed by atoms with van der Waals surface area (Å²) < 4.78 is 14.0. The summed E-state index contributed by atoms with van der Waals surface area (Å²) in [5.74, 6) is 0. The van der Waals surface area contributed by atoms with E-state index in [0.717, 1.165) is 92.9 Å². The molecule has 5 heteroatoms. The Labute approximate surface area is 314 Å². The Balaban J connectivity index is 1.13. The molecule has 0 N–H and O–H groups in total. The first-order valence-corrected chi connectivity index (χ1v) is 18.8. The average Bonchev–Trinajstić information content (AvgIpc) is 3.95. The molecule has 3 aromatic heterocycles. The number of thiazole rings is 1. The maximum Gasteiger partial charge on any atom is 0.137 e. The van der Waals surface area contributed by atoms with E-state index < -0.39 is 0 Å². The Hall–Kier alpha value is -6.95. The first kappa shape index (κ1) is 30.7. The third-order valence-electron chi connectivity index (χ3n) is 10.3. The number of benzene rings is 8. The van der Waals surface area contributed by atoms with Crippen LogP contribution in [0, 0.1) is 0 Å². The number of anilines is 3. The Morgan fingerprint density at radius 2 is 1.00 bits per heavy atom. The van der Waals surface area contributed by atoms with Crippen molar-refractivity contribution in [3.63, 3.8) is 0 Å². The molecule has 8 aromatic carbocycles. The van der Waals surface area contributed by atoms with Crippen LogP contribution in [-0.2, 0) is 0 Å². The van der Waals surface area contributed by atoms with Gasteiger partial charge in [-0.15, -0.1) is 11.3 Å². The highest BCUT2D eigenvalue weighted by Gasteiger charge is 2.21. The van der Waals surface area contributed by atoms with Crippen molar-refractivity contribution >= 4 is 82.5 Å². The molecule has 4 nitrogen and oxygen atoms in total. The quantitative estimate of drug-likeness (QED) is 0.172. The molecule has 54 heavy (non-hydrogen) atoms. The number of fused-ring (bicyclic) bond motifs is 8. The summed E-state index contributed by atoms with van der Waals surface area (Å²) in [5, 5.41) is 5.26. The van der Waals surface area contributed by atoms with E-state index in [1.165, 1.54) is 11.1 Å². The van der Waals surface area contributed by atoms with Crippen LogP contribution in [0.5, 0.6) is 0 Å². The lowest BCUT2D eigenvalue weighted by atomic mass is 9.93. The fourth-order valence-corrected chi connectivity index (χ4v) is 8.76. The second-order valence-electron chi connectivity index (χ2n) is 13.5. The molecule has 0 bridgehead atoms. The van der Waals surface area contributed by atoms with E-state index >= 15 is 0 Å². The summed E-state index contributed by atoms with van der Waals surface area (Å²) in [6.45, 7) is 0. The Bertz CT molecular complexity index is 3160. The molecule has 0 spiro atoms. The summed E-state index contributed by atoms with van der Waals surface area (Å²) in [5.41, 5.74) is 13.2. The molecule has 3 heterocycles. The molecule has 11 rings (SSSR count). The van der Waals surface area contributed by atoms with E-state index in [1.54, 1.807) is 11.3 Å². The Morgan fingerprint density at radius 3 is 1.80 bits per heavy atom. The van der Waals surface area contributed by atoms with Gasteiger partial charge in [0.25, 0.3) is 0 Å². The molecule has 0 aliphatic heterocycles. The monoisotopic (exact) mass is 710 g/mol. The van der Waals surface area contributed by atoms with Gasteiger partial charge in [-0.2, -0.15) is 0 Å². The van der Waals surface area contributed by atoms with Crippen molar-refractivity contribution < 1.29 is 8.83 Å². The third kappa shape index (κ3) is 5.01. The van der Waals surface area contributed by atoms with Gasteiger partial charge in [-0.3, -0.25) is 0 Å². The molecule has 0 aliphatic rings. The highest BCUT2D eigenvalue weighted by molar-refractivity contribution is 7.21. The van der Waals surface area contributed by atoms with E-state index in [4.69, 9.17) is 13.8 Å². The van der Waals surface area contributed by atoms with E-state index in [-0.39, 0.29) is 0 Å². The van der Waals surface area contributed by atoms with Gasteiger partial charge in [-0.1, -0.05) is 115 Å². The van der Waals surface area contributed by atoms with Crippen molar-refractivity contribution in [3.05, 3.63) is 182 Å². The number of aromatic nitrogens is 1. The van der Waals surface area contributed by atoms with Crippen LogP contribution in [0.3, 0.4) is 0 Å². The van der Waals surface area contributed by atoms with Gasteiger partial charge in [-0.25, -0.2) is 4.98 Å². The van der Waals surface area contributed by atoms with Crippen molar-refractivity contribution in [2.75, 3.05) is 4.90 Å². The predicted octanol–water partition coefficient (Wildman–Crippen LogP) is 14.6. The second-order valence-corrected chi connectivity index (χ2v) is 14.6. The van der Waals surface area contributed by atoms with Crippen LogP contribution in [0.1, 0.15) is 0 Å². The van der Waals surface area contributed by atoms with Crippen LogP contribution in [0.4, 0.5) is 17.1 Å². The number of nitrogens with zero attached hydrogens (tertiary/aromatic N) is 2. The van der Waals surface area contributed by atoms with Gasteiger partial charge in [-0.05, 0) is 82.9 Å². The predicted molar refractivity (Wildman–Crippen MR) is 225 cm³/mol. The highest BCUT2D eigenvalue weighted by Crippen LogP contribution is 2.45. The molecule has 0 radical (unpaired) electrons. The van der Waals surface area contributed by atoms with Gasteiger partial charge in [0.2, 0.25) is 0 Å². The largest absolute Gasteiger partial charge is 0.456 e. The smallest absolute Gasteiger partial charge is 0.137 e. The topological polar surface area (TPSA) is 42.4 Å². The van der Waals surface area contributed by atoms with Crippen molar-refractivity contribution in [2.24, 2.45) is 0 Å². The van der Waals surface area contributed by atoms with Gasteiger partial charge in [0.15, 0.2) is 0 Å². The minimum atomic E-state index is 0.813. The van der Waals surface area contributed by atoms with Crippen LogP contribution >= 0.6 is 11.3 Å². The molecule has 11 aromatic rings. The van der Waals surface area contributed by atoms with Crippen LogP contribution in [0.15, 0.2) is 191 Å². The molecule has 0 saturated carbocycles. The number of rotatable bonds is 6. The van der Waals surface area contributed by atoms with E-state index in [1.807, 2.05) is 18.2 Å². The second kappa shape index (κ2) is 12.3. The molecule has 0 aliphatic carbocycles. The normalized spacial score (nSPS) is 11.7. The molecular weight excluding hydrogens is 681 g/mol. The fourth-order valence-electron chi connectivity index (χ4n) is 7.78. The molecule has 0 amide bonds. The fraction of sp³-hybridized carbons (Fsp3) is 0. The molecule has 0 atom stereocenters. The summed E-state index contributed by atoms with van der Waals surface area (Å²) in [6.07, 6.45) is 0. The number of furan rings is 2. The Morgan fingerprint density at radius 1 is 0.407 bits per heavy atom. The number of hydrogen-bond acceptors (Lipinski definition) is 5. The molecule has 0 saturated heterocycles. The lowest BCUT2D eigenvalue weighted by Gasteiger charge is -2.27. The zero-order chi connectivity index (χ0) is 35.6. The lowest BCUT2D eigenvalue weighted by Crippen LogP contribution is -2.10. The minimum absolute atomic E-state index is 0.813. The maximum absolute atomic E-state index is 6.65. The van der Waals surface area contributed by atoms with E-state index in [9.17, 15) is 0 Å². The van der Waals surface area contributed by atoms with Crippen LogP contribution in [-0.4, -0.2) is 4.98 Å². The maximum atomic E-state index is 6.65. The SMILES string of the molecule is c1ccc(-c2nc3c(ccc4oc5cc(N(c6ccc(-c7ccccc7)c(-c7ccccc7)c6)c6ccc7oc8ccccc8c7c6)ccc5c43)s2)cc1. The lowest BCUT2D eigenvalue weighted by molar-refractivity contribution is 0.668. The van der Waals surface area contributed by atoms with Gasteiger partial charge >= 0.3 is 0 Å². The number of para-hydroxylation sites is 1. The van der Waals surface area contributed by atoms with Gasteiger partial charge in [0.1, 0.15) is 27.3 Å². The first-order valence-electron chi connectivity index (χ1n) is 18.0. The summed E-state index contributed by atoms with van der Waals surface area (Å²) in [4.78, 5) is 7.47. The first-order chi connectivity index (χ1) is 26.7. The molecule has 0 unspecified atom stereocenters. The zero-order valence-corrected chi connectivity index (χ0v) is 29.8. The minimum Gasteiger partial charge on any atom is -0.456 e. The summed E-state index contributed by atoms with van der Waals surface area (Å²) >= 11 is 1.71. The van der Waals surface area contributed by atoms with E-state index in [2.05, 4.69) is 169 Å². The van der Waals surface area contributed by atoms with E-state index in [0.29, 0.717) is 0 Å². The zero-order valence-electron chi connectivity index (χ0n) is 28.9. The standard InChI is InChI=1S/C49H30N2O2S/c1-4-12-31(13-5-1)37-23-20-34(28-40(37)32-14-6-2-7-15-32)51(35-22-25-43-41(29-35)38-18-10-11-19-42(38)52-43)36-21-24-39-45(30-36)53-44-26-27-46-48(47(39)44)50-49(54-46)33-16-8-3-9-17-33/h1-30H. The molecular formula is C49H30N2O2S. The van der Waals surface area contributed by atoms with Gasteiger partial charge < -0.3 is 13.7 Å². The number of hydrogen-bond donors (Lipinski definition) is 0. The molecule has 254 valence electrons. The van der Waals surface area contributed by atoms with Crippen molar-refractivity contribution in [1.29, 1.82) is 0 Å². The van der Waals surface area contributed by atoms with Gasteiger partial charge in [0, 0.05) is 44.9 Å². The summed E-state index contributed by atoms with van der Waals surface area (Å²) in [7, 11) is 0. The highest BCUT2D eigenvalue weighted by atomic mass is 32.1. The summed E-state index contributed by atoms with van der Waals surface area (Å²) in [6, 6.07) is 63.8. The van der Waals surface area contributed by atoms with Crippen molar-refractivity contribution in [3.8, 4) is 32.8 Å². The van der Waals surface area contributed by atoms with Crippen LogP contribution < -0.4 is 4.90 Å². The Kier molecular flexibility index (Phi) is 7.00.